The van der Waals surface area contributed by atoms with Crippen LogP contribution in [0.15, 0.2) is 24.3 Å². The third kappa shape index (κ3) is 3.68. The summed E-state index contributed by atoms with van der Waals surface area (Å²) in [7, 11) is 0. The van der Waals surface area contributed by atoms with Gasteiger partial charge in [-0.25, -0.2) is 4.39 Å². The molecule has 4 heteroatoms. The number of hydrogen-bond donors (Lipinski definition) is 2. The predicted molar refractivity (Wildman–Crippen MR) is 70.0 cm³/mol. The summed E-state index contributed by atoms with van der Waals surface area (Å²) in [5.41, 5.74) is 5.82. The van der Waals surface area contributed by atoms with Crippen LogP contribution in [-0.4, -0.2) is 26.2 Å². The lowest BCUT2D eigenvalue weighted by atomic mass is 9.85. The molecule has 1 aliphatic heterocycles. The van der Waals surface area contributed by atoms with Gasteiger partial charge in [-0.1, -0.05) is 6.07 Å². The molecule has 0 aromatic heterocycles. The second-order valence-electron chi connectivity index (χ2n) is 4.85. The zero-order valence-corrected chi connectivity index (χ0v) is 10.6. The van der Waals surface area contributed by atoms with Crippen LogP contribution in [0.1, 0.15) is 12.8 Å². The largest absolute Gasteiger partial charge is 0.493 e. The Labute approximate surface area is 108 Å². The molecule has 1 saturated heterocycles. The summed E-state index contributed by atoms with van der Waals surface area (Å²) in [6.07, 6.45) is 2.29. The molecule has 0 spiro atoms. The van der Waals surface area contributed by atoms with Crippen LogP contribution >= 0.6 is 0 Å². The maximum atomic E-state index is 13.0. The Morgan fingerprint density at radius 1 is 1.39 bits per heavy atom. The van der Waals surface area contributed by atoms with Gasteiger partial charge in [-0.15, -0.1) is 0 Å². The molecule has 1 atom stereocenters. The summed E-state index contributed by atoms with van der Waals surface area (Å²) < 4.78 is 18.7. The van der Waals surface area contributed by atoms with E-state index in [1.165, 1.54) is 12.1 Å². The molecule has 1 aliphatic rings. The van der Waals surface area contributed by atoms with Gasteiger partial charge in [0.15, 0.2) is 0 Å². The van der Waals surface area contributed by atoms with Gasteiger partial charge in [0, 0.05) is 12.0 Å². The van der Waals surface area contributed by atoms with Crippen molar-refractivity contribution in [2.24, 2.45) is 17.6 Å². The first-order valence-corrected chi connectivity index (χ1v) is 6.58. The molecular weight excluding hydrogens is 231 g/mol. The second kappa shape index (κ2) is 6.71. The molecule has 18 heavy (non-hydrogen) atoms. The van der Waals surface area contributed by atoms with E-state index in [0.29, 0.717) is 30.7 Å². The summed E-state index contributed by atoms with van der Waals surface area (Å²) in [6.45, 7) is 3.31. The van der Waals surface area contributed by atoms with Crippen LogP contribution in [0.25, 0.3) is 0 Å². The molecule has 2 rings (SSSR count). The number of piperidine rings is 1. The molecule has 1 aromatic carbocycles. The smallest absolute Gasteiger partial charge is 0.126 e. The molecule has 3 N–H and O–H groups in total. The number of nitrogens with two attached hydrogens (primary N) is 1. The van der Waals surface area contributed by atoms with Crippen molar-refractivity contribution in [3.63, 3.8) is 0 Å². The van der Waals surface area contributed by atoms with Crippen molar-refractivity contribution in [1.82, 2.24) is 5.32 Å². The number of nitrogens with one attached hydrogen (secondary N) is 1. The molecule has 1 fully saturated rings. The average molecular weight is 252 g/mol. The van der Waals surface area contributed by atoms with Gasteiger partial charge < -0.3 is 15.8 Å². The van der Waals surface area contributed by atoms with Crippen LogP contribution in [0, 0.1) is 17.7 Å². The van der Waals surface area contributed by atoms with Crippen LogP contribution < -0.4 is 15.8 Å². The minimum absolute atomic E-state index is 0.265. The standard InChI is InChI=1S/C14H21FN2O/c15-13-2-1-3-14(8-13)18-10-12(9-16)11-4-6-17-7-5-11/h1-3,8,11-12,17H,4-7,9-10,16H2. The van der Waals surface area contributed by atoms with Crippen molar-refractivity contribution in [2.75, 3.05) is 26.2 Å². The molecule has 1 aromatic rings. The maximum Gasteiger partial charge on any atom is 0.126 e. The molecule has 1 unspecified atom stereocenters. The molecule has 0 bridgehead atoms. The molecule has 1 heterocycles. The fraction of sp³-hybridized carbons (Fsp3) is 0.571. The Hall–Kier alpha value is -1.13. The Morgan fingerprint density at radius 3 is 2.83 bits per heavy atom. The molecule has 0 saturated carbocycles. The van der Waals surface area contributed by atoms with Crippen molar-refractivity contribution >= 4 is 0 Å². The summed E-state index contributed by atoms with van der Waals surface area (Å²) in [6, 6.07) is 6.27. The zero-order chi connectivity index (χ0) is 12.8. The molecule has 0 radical (unpaired) electrons. The second-order valence-corrected chi connectivity index (χ2v) is 4.85. The number of ether oxygens (including phenoxy) is 1. The number of benzene rings is 1. The lowest BCUT2D eigenvalue weighted by Gasteiger charge is -2.29. The van der Waals surface area contributed by atoms with E-state index in [1.54, 1.807) is 12.1 Å². The topological polar surface area (TPSA) is 47.3 Å². The number of hydrogen-bond acceptors (Lipinski definition) is 3. The van der Waals surface area contributed by atoms with E-state index in [9.17, 15) is 4.39 Å². The van der Waals surface area contributed by atoms with Gasteiger partial charge in [0.1, 0.15) is 11.6 Å². The average Bonchev–Trinajstić information content (AvgIpc) is 2.41. The first-order valence-electron chi connectivity index (χ1n) is 6.58. The van der Waals surface area contributed by atoms with Crippen molar-refractivity contribution in [1.29, 1.82) is 0 Å². The third-order valence-corrected chi connectivity index (χ3v) is 3.61. The van der Waals surface area contributed by atoms with Crippen LogP contribution in [0.5, 0.6) is 5.75 Å². The van der Waals surface area contributed by atoms with Gasteiger partial charge in [0.05, 0.1) is 6.61 Å². The SMILES string of the molecule is NCC(COc1cccc(F)c1)C1CCNCC1. The Morgan fingerprint density at radius 2 is 2.17 bits per heavy atom. The van der Waals surface area contributed by atoms with E-state index in [4.69, 9.17) is 10.5 Å². The van der Waals surface area contributed by atoms with E-state index in [0.717, 1.165) is 25.9 Å². The van der Waals surface area contributed by atoms with Gasteiger partial charge in [0.2, 0.25) is 0 Å². The van der Waals surface area contributed by atoms with E-state index in [1.807, 2.05) is 0 Å². The molecule has 3 nitrogen and oxygen atoms in total. The van der Waals surface area contributed by atoms with Crippen LogP contribution in [0.4, 0.5) is 4.39 Å². The minimum atomic E-state index is -0.265. The van der Waals surface area contributed by atoms with Crippen molar-refractivity contribution in [3.8, 4) is 5.75 Å². The predicted octanol–water partition coefficient (Wildman–Crippen LogP) is 1.78. The van der Waals surface area contributed by atoms with Crippen molar-refractivity contribution < 1.29 is 9.13 Å². The Kier molecular flexibility index (Phi) is 4.96. The molecule has 0 amide bonds. The van der Waals surface area contributed by atoms with Gasteiger partial charge in [0.25, 0.3) is 0 Å². The zero-order valence-electron chi connectivity index (χ0n) is 10.6. The normalized spacial score (nSPS) is 18.6. The number of rotatable bonds is 5. The van der Waals surface area contributed by atoms with E-state index >= 15 is 0 Å². The highest BCUT2D eigenvalue weighted by Gasteiger charge is 2.22. The first kappa shape index (κ1) is 13.3. The van der Waals surface area contributed by atoms with Crippen molar-refractivity contribution in [3.05, 3.63) is 30.1 Å². The van der Waals surface area contributed by atoms with Gasteiger partial charge >= 0.3 is 0 Å². The summed E-state index contributed by atoms with van der Waals surface area (Å²) in [5, 5.41) is 3.34. The van der Waals surface area contributed by atoms with E-state index in [-0.39, 0.29) is 5.82 Å². The first-order chi connectivity index (χ1) is 8.79. The van der Waals surface area contributed by atoms with Crippen molar-refractivity contribution in [2.45, 2.75) is 12.8 Å². The highest BCUT2D eigenvalue weighted by Crippen LogP contribution is 2.22. The fourth-order valence-electron chi connectivity index (χ4n) is 2.47. The molecule has 100 valence electrons. The quantitative estimate of drug-likeness (QED) is 0.839. The van der Waals surface area contributed by atoms with E-state index < -0.39 is 0 Å². The minimum Gasteiger partial charge on any atom is -0.493 e. The van der Waals surface area contributed by atoms with Crippen LogP contribution in [0.3, 0.4) is 0 Å². The summed E-state index contributed by atoms with van der Waals surface area (Å²) >= 11 is 0. The third-order valence-electron chi connectivity index (χ3n) is 3.61. The van der Waals surface area contributed by atoms with Crippen LogP contribution in [0.2, 0.25) is 0 Å². The van der Waals surface area contributed by atoms with E-state index in [2.05, 4.69) is 5.32 Å². The summed E-state index contributed by atoms with van der Waals surface area (Å²) in [5.74, 6) is 1.29. The highest BCUT2D eigenvalue weighted by molar-refractivity contribution is 5.22. The van der Waals surface area contributed by atoms with Gasteiger partial charge in [-0.05, 0) is 50.5 Å². The van der Waals surface area contributed by atoms with Gasteiger partial charge in [-0.3, -0.25) is 0 Å². The fourth-order valence-corrected chi connectivity index (χ4v) is 2.47. The lowest BCUT2D eigenvalue weighted by molar-refractivity contribution is 0.172. The Bertz CT molecular complexity index is 367. The number of halogens is 1. The van der Waals surface area contributed by atoms with Crippen LogP contribution in [-0.2, 0) is 0 Å². The lowest BCUT2D eigenvalue weighted by Crippen LogP contribution is -2.37. The molecular formula is C14H21FN2O. The Balaban J connectivity index is 1.86. The summed E-state index contributed by atoms with van der Waals surface area (Å²) in [4.78, 5) is 0. The molecule has 0 aliphatic carbocycles. The van der Waals surface area contributed by atoms with Gasteiger partial charge in [-0.2, -0.15) is 0 Å². The monoisotopic (exact) mass is 252 g/mol. The maximum absolute atomic E-state index is 13.0. The highest BCUT2D eigenvalue weighted by atomic mass is 19.1.